The average Bonchev–Trinajstić information content (AvgIpc) is 3.05. The van der Waals surface area contributed by atoms with Crippen LogP contribution in [0.2, 0.25) is 0 Å². The van der Waals surface area contributed by atoms with Gasteiger partial charge in [-0.25, -0.2) is 4.99 Å². The van der Waals surface area contributed by atoms with E-state index in [9.17, 15) is 0 Å². The van der Waals surface area contributed by atoms with Crippen LogP contribution in [0.3, 0.4) is 0 Å². The zero-order chi connectivity index (χ0) is 11.5. The van der Waals surface area contributed by atoms with Gasteiger partial charge in [-0.3, -0.25) is 0 Å². The smallest absolute Gasteiger partial charge is 0.191 e. The van der Waals surface area contributed by atoms with Gasteiger partial charge in [0.05, 0.1) is 6.04 Å². The molecule has 2 rings (SSSR count). The molecule has 16 heavy (non-hydrogen) atoms. The van der Waals surface area contributed by atoms with E-state index in [0.29, 0.717) is 12.0 Å². The molecule has 3 heteroatoms. The Balaban J connectivity index is 2.01. The number of guanidine groups is 1. The zero-order valence-electron chi connectivity index (χ0n) is 9.98. The number of rotatable bonds is 3. The summed E-state index contributed by atoms with van der Waals surface area (Å²) in [7, 11) is 1.99. The number of hydrogen-bond acceptors (Lipinski definition) is 1. The molecule has 2 N–H and O–H groups in total. The second kappa shape index (κ2) is 4.56. The number of nitrogens with zero attached hydrogens (tertiary/aromatic N) is 2. The Morgan fingerprint density at radius 2 is 2.12 bits per heavy atom. The predicted octanol–water partition coefficient (Wildman–Crippen LogP) is 1.90. The van der Waals surface area contributed by atoms with Crippen molar-refractivity contribution < 1.29 is 0 Å². The molecule has 1 saturated carbocycles. The van der Waals surface area contributed by atoms with Crippen LogP contribution >= 0.6 is 0 Å². The van der Waals surface area contributed by atoms with Crippen molar-refractivity contribution in [3.8, 4) is 0 Å². The molecule has 86 valence electrons. The molecule has 0 bridgehead atoms. The van der Waals surface area contributed by atoms with Gasteiger partial charge in [-0.15, -0.1) is 0 Å². The summed E-state index contributed by atoms with van der Waals surface area (Å²) < 4.78 is 0. The molecule has 1 aliphatic rings. The summed E-state index contributed by atoms with van der Waals surface area (Å²) >= 11 is 0. The Kier molecular flexibility index (Phi) is 3.13. The number of aryl methyl sites for hydroxylation is 1. The van der Waals surface area contributed by atoms with Crippen molar-refractivity contribution in [3.05, 3.63) is 35.4 Å². The van der Waals surface area contributed by atoms with E-state index < -0.39 is 0 Å². The standard InChI is InChI=1S/C13H19N3/c1-10-5-3-4-6-11(10)9-16(2)13(14)15-12-7-8-12/h3-6,12H,7-9H2,1-2H3,(H2,14,15). The summed E-state index contributed by atoms with van der Waals surface area (Å²) in [4.78, 5) is 6.45. The molecule has 1 aromatic rings. The molecule has 1 aliphatic carbocycles. The molecule has 3 nitrogen and oxygen atoms in total. The molecule has 1 aromatic carbocycles. The molecule has 0 aliphatic heterocycles. The topological polar surface area (TPSA) is 41.6 Å². The van der Waals surface area contributed by atoms with Gasteiger partial charge in [0.1, 0.15) is 0 Å². The van der Waals surface area contributed by atoms with E-state index in [1.54, 1.807) is 0 Å². The van der Waals surface area contributed by atoms with E-state index in [1.807, 2.05) is 11.9 Å². The van der Waals surface area contributed by atoms with Crippen molar-refractivity contribution in [2.75, 3.05) is 7.05 Å². The second-order valence-electron chi connectivity index (χ2n) is 4.50. The van der Waals surface area contributed by atoms with Crippen molar-refractivity contribution in [1.82, 2.24) is 4.90 Å². The van der Waals surface area contributed by atoms with Gasteiger partial charge in [-0.05, 0) is 30.9 Å². The van der Waals surface area contributed by atoms with Crippen LogP contribution in [-0.4, -0.2) is 23.9 Å². The minimum Gasteiger partial charge on any atom is -0.370 e. The first-order valence-corrected chi connectivity index (χ1v) is 5.75. The normalized spacial score (nSPS) is 16.2. The van der Waals surface area contributed by atoms with Crippen LogP contribution in [0.5, 0.6) is 0 Å². The third-order valence-corrected chi connectivity index (χ3v) is 2.92. The van der Waals surface area contributed by atoms with Crippen molar-refractivity contribution in [2.45, 2.75) is 32.4 Å². The summed E-state index contributed by atoms with van der Waals surface area (Å²) in [5.74, 6) is 0.658. The van der Waals surface area contributed by atoms with Crippen molar-refractivity contribution in [3.63, 3.8) is 0 Å². The maximum atomic E-state index is 5.93. The minimum atomic E-state index is 0.485. The highest BCUT2D eigenvalue weighted by molar-refractivity contribution is 5.78. The van der Waals surface area contributed by atoms with Crippen LogP contribution in [0.15, 0.2) is 29.3 Å². The van der Waals surface area contributed by atoms with Gasteiger partial charge >= 0.3 is 0 Å². The highest BCUT2D eigenvalue weighted by Crippen LogP contribution is 2.23. The van der Waals surface area contributed by atoms with Gasteiger partial charge in [0.25, 0.3) is 0 Å². The zero-order valence-corrected chi connectivity index (χ0v) is 9.98. The highest BCUT2D eigenvalue weighted by Gasteiger charge is 2.21. The van der Waals surface area contributed by atoms with Gasteiger partial charge < -0.3 is 10.6 Å². The Morgan fingerprint density at radius 3 is 2.75 bits per heavy atom. The number of nitrogens with two attached hydrogens (primary N) is 1. The second-order valence-corrected chi connectivity index (χ2v) is 4.50. The predicted molar refractivity (Wildman–Crippen MR) is 67.3 cm³/mol. The third kappa shape index (κ3) is 2.75. The minimum absolute atomic E-state index is 0.485. The fraction of sp³-hybridized carbons (Fsp3) is 0.462. The summed E-state index contributed by atoms with van der Waals surface area (Å²) in [5, 5.41) is 0. The monoisotopic (exact) mass is 217 g/mol. The van der Waals surface area contributed by atoms with Crippen LogP contribution < -0.4 is 5.73 Å². The molecule has 0 aromatic heterocycles. The molecular formula is C13H19N3. The summed E-state index contributed by atoms with van der Waals surface area (Å²) in [6.45, 7) is 2.95. The lowest BCUT2D eigenvalue weighted by Gasteiger charge is -2.19. The highest BCUT2D eigenvalue weighted by atomic mass is 15.2. The summed E-state index contributed by atoms with van der Waals surface area (Å²) in [6.07, 6.45) is 2.39. The van der Waals surface area contributed by atoms with Crippen LogP contribution in [-0.2, 0) is 6.54 Å². The molecule has 0 saturated heterocycles. The van der Waals surface area contributed by atoms with Crippen LogP contribution in [0, 0.1) is 6.92 Å². The fourth-order valence-electron chi connectivity index (χ4n) is 1.61. The first kappa shape index (κ1) is 11.0. The Hall–Kier alpha value is -1.51. The number of benzene rings is 1. The van der Waals surface area contributed by atoms with Gasteiger partial charge in [0.15, 0.2) is 5.96 Å². The Bertz CT molecular complexity index is 394. The quantitative estimate of drug-likeness (QED) is 0.620. The van der Waals surface area contributed by atoms with E-state index >= 15 is 0 Å². The molecule has 0 amide bonds. The molecule has 0 heterocycles. The average molecular weight is 217 g/mol. The lowest BCUT2D eigenvalue weighted by Crippen LogP contribution is -2.34. The largest absolute Gasteiger partial charge is 0.370 e. The molecule has 0 spiro atoms. The van der Waals surface area contributed by atoms with Gasteiger partial charge in [0, 0.05) is 13.6 Å². The van der Waals surface area contributed by atoms with Crippen LogP contribution in [0.4, 0.5) is 0 Å². The van der Waals surface area contributed by atoms with Gasteiger partial charge in [-0.2, -0.15) is 0 Å². The van der Waals surface area contributed by atoms with E-state index in [4.69, 9.17) is 5.73 Å². The summed E-state index contributed by atoms with van der Waals surface area (Å²) in [5.41, 5.74) is 8.54. The maximum absolute atomic E-state index is 5.93. The van der Waals surface area contributed by atoms with E-state index in [2.05, 4.69) is 36.2 Å². The van der Waals surface area contributed by atoms with E-state index in [1.165, 1.54) is 24.0 Å². The molecule has 0 unspecified atom stereocenters. The van der Waals surface area contributed by atoms with Crippen LogP contribution in [0.25, 0.3) is 0 Å². The van der Waals surface area contributed by atoms with E-state index in [0.717, 1.165) is 6.54 Å². The van der Waals surface area contributed by atoms with E-state index in [-0.39, 0.29) is 0 Å². The van der Waals surface area contributed by atoms with Crippen LogP contribution in [0.1, 0.15) is 24.0 Å². The number of hydrogen-bond donors (Lipinski definition) is 1. The molecule has 1 fully saturated rings. The molecular weight excluding hydrogens is 198 g/mol. The first-order valence-electron chi connectivity index (χ1n) is 5.75. The Labute approximate surface area is 97.0 Å². The van der Waals surface area contributed by atoms with Crippen molar-refractivity contribution in [2.24, 2.45) is 10.7 Å². The fourth-order valence-corrected chi connectivity index (χ4v) is 1.61. The third-order valence-electron chi connectivity index (χ3n) is 2.92. The summed E-state index contributed by atoms with van der Waals surface area (Å²) in [6, 6.07) is 8.86. The lowest BCUT2D eigenvalue weighted by atomic mass is 10.1. The first-order chi connectivity index (χ1) is 7.66. The van der Waals surface area contributed by atoms with Gasteiger partial charge in [-0.1, -0.05) is 24.3 Å². The SMILES string of the molecule is Cc1ccccc1CN(C)C(N)=NC1CC1. The molecule has 0 atom stereocenters. The molecule has 0 radical (unpaired) electrons. The van der Waals surface area contributed by atoms with Crippen molar-refractivity contribution >= 4 is 5.96 Å². The maximum Gasteiger partial charge on any atom is 0.191 e. The van der Waals surface area contributed by atoms with Crippen molar-refractivity contribution in [1.29, 1.82) is 0 Å². The van der Waals surface area contributed by atoms with Gasteiger partial charge in [0.2, 0.25) is 0 Å². The number of aliphatic imine (C=N–C) groups is 1. The lowest BCUT2D eigenvalue weighted by molar-refractivity contribution is 0.490. The Morgan fingerprint density at radius 1 is 1.44 bits per heavy atom.